The summed E-state index contributed by atoms with van der Waals surface area (Å²) in [5.41, 5.74) is 2.40. The quantitative estimate of drug-likeness (QED) is 0.276. The van der Waals surface area contributed by atoms with Crippen molar-refractivity contribution in [2.75, 3.05) is 7.11 Å². The third-order valence-corrected chi connectivity index (χ3v) is 3.39. The van der Waals surface area contributed by atoms with Crippen molar-refractivity contribution in [2.45, 2.75) is 6.18 Å². The standard InChI is InChI=1S/C20H15F3O3/c1-26-19(25)17(18(24)20(21,22)23)16(15-10-6-3-7-11-15)13-12-14-8-4-2-5-9-14/h2-12,24H,1H3/b18-17+. The lowest BCUT2D eigenvalue weighted by Crippen LogP contribution is -2.19. The van der Waals surface area contributed by atoms with E-state index in [2.05, 4.69) is 10.5 Å². The van der Waals surface area contributed by atoms with Crippen LogP contribution in [-0.4, -0.2) is 24.4 Å². The maximum atomic E-state index is 13.1. The molecule has 0 atom stereocenters. The first kappa shape index (κ1) is 19.1. The average Bonchev–Trinajstić information content (AvgIpc) is 2.65. The van der Waals surface area contributed by atoms with Gasteiger partial charge in [0.2, 0.25) is 5.76 Å². The zero-order valence-electron chi connectivity index (χ0n) is 13.7. The molecule has 2 rings (SSSR count). The number of ether oxygens (including phenoxy) is 1. The van der Waals surface area contributed by atoms with Gasteiger partial charge in [0.05, 0.1) is 7.11 Å². The molecule has 0 fully saturated rings. The van der Waals surface area contributed by atoms with Gasteiger partial charge in [-0.2, -0.15) is 13.2 Å². The highest BCUT2D eigenvalue weighted by Crippen LogP contribution is 2.33. The predicted octanol–water partition coefficient (Wildman–Crippen LogP) is 4.93. The number of benzene rings is 2. The molecule has 26 heavy (non-hydrogen) atoms. The first-order valence-corrected chi connectivity index (χ1v) is 7.51. The van der Waals surface area contributed by atoms with Crippen LogP contribution >= 0.6 is 0 Å². The van der Waals surface area contributed by atoms with E-state index < -0.39 is 23.5 Å². The summed E-state index contributed by atoms with van der Waals surface area (Å²) in [5.74, 6) is -3.34. The maximum absolute atomic E-state index is 13.1. The average molecular weight is 360 g/mol. The van der Waals surface area contributed by atoms with Gasteiger partial charge in [-0.15, -0.1) is 5.73 Å². The number of allylic oxidation sites excluding steroid dienone is 1. The topological polar surface area (TPSA) is 46.5 Å². The monoisotopic (exact) mass is 360 g/mol. The molecule has 6 heteroatoms. The van der Waals surface area contributed by atoms with E-state index in [0.29, 0.717) is 5.56 Å². The van der Waals surface area contributed by atoms with Gasteiger partial charge in [-0.3, -0.25) is 0 Å². The van der Waals surface area contributed by atoms with Gasteiger partial charge in [-0.1, -0.05) is 60.7 Å². The summed E-state index contributed by atoms with van der Waals surface area (Å²) in [6.07, 6.45) is -3.69. The van der Waals surface area contributed by atoms with Crippen LogP contribution < -0.4 is 0 Å². The number of rotatable bonds is 4. The number of halogens is 3. The van der Waals surface area contributed by atoms with Crippen LogP contribution in [0.2, 0.25) is 0 Å². The van der Waals surface area contributed by atoms with E-state index in [1.807, 2.05) is 0 Å². The molecule has 0 aromatic heterocycles. The van der Waals surface area contributed by atoms with Crippen molar-refractivity contribution in [1.82, 2.24) is 0 Å². The second kappa shape index (κ2) is 8.23. The smallest absolute Gasteiger partial charge is 0.449 e. The fourth-order valence-corrected chi connectivity index (χ4v) is 2.17. The molecule has 0 unspecified atom stereocenters. The van der Waals surface area contributed by atoms with E-state index in [1.54, 1.807) is 48.5 Å². The van der Waals surface area contributed by atoms with Crippen LogP contribution in [0.1, 0.15) is 11.1 Å². The zero-order chi connectivity index (χ0) is 19.2. The van der Waals surface area contributed by atoms with Gasteiger partial charge in [0.1, 0.15) is 5.57 Å². The highest BCUT2D eigenvalue weighted by atomic mass is 19.4. The molecule has 0 saturated carbocycles. The lowest BCUT2D eigenvalue weighted by Gasteiger charge is -2.13. The summed E-state index contributed by atoms with van der Waals surface area (Å²) in [6, 6.07) is 16.6. The molecular weight excluding hydrogens is 345 g/mol. The highest BCUT2D eigenvalue weighted by molar-refractivity contribution is 6.07. The molecule has 0 spiro atoms. The second-order valence-corrected chi connectivity index (χ2v) is 5.15. The fraction of sp³-hybridized carbons (Fsp3) is 0.100. The van der Waals surface area contributed by atoms with Gasteiger partial charge < -0.3 is 9.84 Å². The molecule has 0 bridgehead atoms. The Kier molecular flexibility index (Phi) is 6.04. The summed E-state index contributed by atoms with van der Waals surface area (Å²) in [5, 5.41) is 9.66. The Morgan fingerprint density at radius 2 is 1.58 bits per heavy atom. The van der Waals surface area contributed by atoms with Crippen molar-refractivity contribution < 1.29 is 27.8 Å². The highest BCUT2D eigenvalue weighted by Gasteiger charge is 2.40. The molecule has 0 amide bonds. The van der Waals surface area contributed by atoms with Crippen molar-refractivity contribution in [3.05, 3.63) is 88.9 Å². The van der Waals surface area contributed by atoms with E-state index >= 15 is 0 Å². The number of carbonyl (C=O) groups is 1. The van der Waals surface area contributed by atoms with Gasteiger partial charge in [-0.05, 0) is 17.2 Å². The SMILES string of the molecule is COC(=O)/C(C(=C=Cc1ccccc1)c1ccccc1)=C(/O)C(F)(F)F. The number of esters is 1. The number of aliphatic hydroxyl groups is 1. The van der Waals surface area contributed by atoms with Crippen molar-refractivity contribution in [3.8, 4) is 0 Å². The van der Waals surface area contributed by atoms with Crippen LogP contribution in [0.3, 0.4) is 0 Å². The Morgan fingerprint density at radius 3 is 2.08 bits per heavy atom. The minimum absolute atomic E-state index is 0.226. The Labute approximate surface area is 148 Å². The number of carbonyl (C=O) groups excluding carboxylic acids is 1. The van der Waals surface area contributed by atoms with Crippen LogP contribution in [0.4, 0.5) is 13.2 Å². The van der Waals surface area contributed by atoms with Crippen molar-refractivity contribution in [1.29, 1.82) is 0 Å². The molecule has 2 aromatic carbocycles. The molecule has 0 aliphatic heterocycles. The largest absolute Gasteiger partial charge is 0.504 e. The normalized spacial score (nSPS) is 11.8. The van der Waals surface area contributed by atoms with Crippen LogP contribution in [0.15, 0.2) is 77.7 Å². The summed E-state index contributed by atoms with van der Waals surface area (Å²) in [6.45, 7) is 0. The summed E-state index contributed by atoms with van der Waals surface area (Å²) >= 11 is 0. The molecule has 3 nitrogen and oxygen atoms in total. The molecule has 0 aliphatic rings. The van der Waals surface area contributed by atoms with Crippen molar-refractivity contribution in [2.24, 2.45) is 0 Å². The van der Waals surface area contributed by atoms with Gasteiger partial charge in [0.25, 0.3) is 0 Å². The van der Waals surface area contributed by atoms with E-state index in [9.17, 15) is 23.1 Å². The van der Waals surface area contributed by atoms with Crippen LogP contribution in [-0.2, 0) is 9.53 Å². The van der Waals surface area contributed by atoms with Crippen molar-refractivity contribution in [3.63, 3.8) is 0 Å². The predicted molar refractivity (Wildman–Crippen MR) is 92.0 cm³/mol. The van der Waals surface area contributed by atoms with Crippen LogP contribution in [0.25, 0.3) is 11.6 Å². The third-order valence-electron chi connectivity index (χ3n) is 3.39. The Balaban J connectivity index is 2.77. The first-order valence-electron chi connectivity index (χ1n) is 7.51. The molecule has 1 N–H and O–H groups in total. The number of hydrogen-bond donors (Lipinski definition) is 1. The summed E-state index contributed by atoms with van der Waals surface area (Å²) < 4.78 is 43.7. The Morgan fingerprint density at radius 1 is 1.04 bits per heavy atom. The molecule has 0 aliphatic carbocycles. The molecule has 0 radical (unpaired) electrons. The molecular formula is C20H15F3O3. The minimum atomic E-state index is -5.11. The molecule has 0 heterocycles. The lowest BCUT2D eigenvalue weighted by atomic mass is 9.96. The number of aliphatic hydroxyl groups excluding tert-OH is 1. The van der Waals surface area contributed by atoms with Gasteiger partial charge in [0, 0.05) is 5.57 Å². The van der Waals surface area contributed by atoms with E-state index in [1.165, 1.54) is 18.2 Å². The van der Waals surface area contributed by atoms with Gasteiger partial charge in [0.15, 0.2) is 0 Å². The first-order chi connectivity index (χ1) is 12.3. The lowest BCUT2D eigenvalue weighted by molar-refractivity contribution is -0.140. The molecule has 2 aromatic rings. The fourth-order valence-electron chi connectivity index (χ4n) is 2.17. The number of alkyl halides is 3. The second-order valence-electron chi connectivity index (χ2n) is 5.15. The third kappa shape index (κ3) is 4.65. The molecule has 0 saturated heterocycles. The van der Waals surface area contributed by atoms with Crippen molar-refractivity contribution >= 4 is 17.6 Å². The van der Waals surface area contributed by atoms with E-state index in [4.69, 9.17) is 0 Å². The van der Waals surface area contributed by atoms with Gasteiger partial charge in [-0.25, -0.2) is 4.79 Å². The minimum Gasteiger partial charge on any atom is -0.504 e. The molecule has 134 valence electrons. The Bertz CT molecular complexity index is 860. The van der Waals surface area contributed by atoms with Crippen LogP contribution in [0, 0.1) is 0 Å². The summed E-state index contributed by atoms with van der Waals surface area (Å²) in [4.78, 5) is 12.0. The summed E-state index contributed by atoms with van der Waals surface area (Å²) in [7, 11) is 0.940. The Hall–Kier alpha value is -3.24. The van der Waals surface area contributed by atoms with E-state index in [0.717, 1.165) is 7.11 Å². The van der Waals surface area contributed by atoms with Crippen LogP contribution in [0.5, 0.6) is 0 Å². The maximum Gasteiger partial charge on any atom is 0.449 e. The zero-order valence-corrected chi connectivity index (χ0v) is 13.7. The number of methoxy groups -OCH3 is 1. The number of hydrogen-bond acceptors (Lipinski definition) is 3. The van der Waals surface area contributed by atoms with Gasteiger partial charge >= 0.3 is 12.1 Å². The van der Waals surface area contributed by atoms with E-state index in [-0.39, 0.29) is 11.1 Å².